The van der Waals surface area contributed by atoms with Gasteiger partial charge in [0.05, 0.1) is 17.4 Å². The van der Waals surface area contributed by atoms with E-state index < -0.39 is 6.09 Å². The van der Waals surface area contributed by atoms with E-state index in [1.807, 2.05) is 26.2 Å². The number of rotatable bonds is 2. The van der Waals surface area contributed by atoms with E-state index in [9.17, 15) is 9.90 Å². The Kier molecular flexibility index (Phi) is 3.93. The van der Waals surface area contributed by atoms with Crippen molar-refractivity contribution < 1.29 is 9.90 Å². The minimum absolute atomic E-state index is 0.0148. The molecule has 9 heteroatoms. The number of nitrogen functional groups attached to an aromatic ring is 1. The summed E-state index contributed by atoms with van der Waals surface area (Å²) in [6.07, 6.45) is 3.03. The number of aryl methyl sites for hydroxylation is 2. The minimum atomic E-state index is -0.838. The summed E-state index contributed by atoms with van der Waals surface area (Å²) >= 11 is 0. The molecule has 2 unspecified atom stereocenters. The summed E-state index contributed by atoms with van der Waals surface area (Å²) in [5, 5.41) is 13.8. The summed E-state index contributed by atoms with van der Waals surface area (Å²) in [4.78, 5) is 24.0. The van der Waals surface area contributed by atoms with Gasteiger partial charge in [-0.2, -0.15) is 10.1 Å². The summed E-state index contributed by atoms with van der Waals surface area (Å²) in [6.45, 7) is 3.97. The summed E-state index contributed by atoms with van der Waals surface area (Å²) in [7, 11) is 1.87. The Morgan fingerprint density at radius 3 is 2.85 bits per heavy atom. The van der Waals surface area contributed by atoms with Crippen molar-refractivity contribution in [1.29, 1.82) is 0 Å². The lowest BCUT2D eigenvalue weighted by molar-refractivity contribution is 0.0965. The molecular weight excluding hydrogens is 334 g/mol. The normalized spacial score (nSPS) is 22.5. The maximum Gasteiger partial charge on any atom is 0.407 e. The summed E-state index contributed by atoms with van der Waals surface area (Å²) < 4.78 is 1.75. The molecule has 2 aromatic rings. The monoisotopic (exact) mass is 357 g/mol. The largest absolute Gasteiger partial charge is 0.465 e. The fraction of sp³-hybridized carbons (Fsp3) is 0.529. The van der Waals surface area contributed by atoms with E-state index in [0.29, 0.717) is 19.0 Å². The molecule has 0 saturated carbocycles. The van der Waals surface area contributed by atoms with Crippen LogP contribution in [0.25, 0.3) is 11.3 Å². The van der Waals surface area contributed by atoms with Crippen molar-refractivity contribution in [3.8, 4) is 11.3 Å². The first-order valence-electron chi connectivity index (χ1n) is 8.82. The van der Waals surface area contributed by atoms with E-state index in [4.69, 9.17) is 5.73 Å². The number of carboxylic acid groups (broad SMARTS) is 1. The van der Waals surface area contributed by atoms with Crippen LogP contribution in [0.2, 0.25) is 0 Å². The van der Waals surface area contributed by atoms with Crippen LogP contribution in [0.1, 0.15) is 18.5 Å². The fourth-order valence-corrected chi connectivity index (χ4v) is 4.21. The summed E-state index contributed by atoms with van der Waals surface area (Å²) in [5.41, 5.74) is 8.50. The molecule has 1 amide bonds. The third-order valence-corrected chi connectivity index (χ3v) is 5.37. The van der Waals surface area contributed by atoms with Gasteiger partial charge in [0.1, 0.15) is 5.82 Å². The number of anilines is 2. The Bertz CT molecular complexity index is 850. The Balaban J connectivity index is 1.64. The van der Waals surface area contributed by atoms with Gasteiger partial charge in [0.2, 0.25) is 5.95 Å². The quantitative estimate of drug-likeness (QED) is 0.834. The zero-order valence-corrected chi connectivity index (χ0v) is 15.0. The highest BCUT2D eigenvalue weighted by atomic mass is 16.4. The predicted molar refractivity (Wildman–Crippen MR) is 96.8 cm³/mol. The van der Waals surface area contributed by atoms with E-state index in [1.165, 1.54) is 0 Å². The number of aromatic nitrogens is 4. The molecule has 2 aromatic heterocycles. The third-order valence-electron chi connectivity index (χ3n) is 5.37. The van der Waals surface area contributed by atoms with E-state index >= 15 is 0 Å². The highest BCUT2D eigenvalue weighted by molar-refractivity contribution is 5.67. The fourth-order valence-electron chi connectivity index (χ4n) is 4.21. The molecule has 138 valence electrons. The van der Waals surface area contributed by atoms with Crippen LogP contribution < -0.4 is 10.6 Å². The number of hydrogen-bond acceptors (Lipinski definition) is 6. The lowest BCUT2D eigenvalue weighted by atomic mass is 9.92. The topological polar surface area (TPSA) is 113 Å². The molecule has 0 aromatic carbocycles. The molecule has 9 nitrogen and oxygen atoms in total. The summed E-state index contributed by atoms with van der Waals surface area (Å²) in [5.74, 6) is 1.29. The number of piperidine rings is 1. The van der Waals surface area contributed by atoms with E-state index in [2.05, 4.69) is 20.0 Å². The first kappa shape index (κ1) is 16.6. The maximum absolute atomic E-state index is 11.5. The van der Waals surface area contributed by atoms with Crippen molar-refractivity contribution in [2.24, 2.45) is 13.0 Å². The molecule has 0 spiro atoms. The van der Waals surface area contributed by atoms with Gasteiger partial charge in [-0.1, -0.05) is 0 Å². The number of nitrogens with zero attached hydrogens (tertiary/aromatic N) is 6. The molecule has 2 aliphatic rings. The third kappa shape index (κ3) is 2.83. The van der Waals surface area contributed by atoms with Gasteiger partial charge >= 0.3 is 6.09 Å². The van der Waals surface area contributed by atoms with Gasteiger partial charge in [0.25, 0.3) is 0 Å². The molecule has 0 aliphatic carbocycles. The molecule has 0 bridgehead atoms. The van der Waals surface area contributed by atoms with E-state index in [0.717, 1.165) is 42.2 Å². The molecule has 2 aliphatic heterocycles. The minimum Gasteiger partial charge on any atom is -0.465 e. The maximum atomic E-state index is 11.5. The number of likely N-dealkylation sites (tertiary alicyclic amines) is 1. The standard InChI is InChI=1S/C17H23N7O2/c1-10-12(8-22(2)21-10)13-6-15(20-16(18)19-13)23-7-11-4-3-5-24(17(25)26)14(11)9-23/h6,8,11,14H,3-5,7,9H2,1-2H3,(H,25,26)(H2,18,19,20). The van der Waals surface area contributed by atoms with Crippen molar-refractivity contribution in [3.63, 3.8) is 0 Å². The van der Waals surface area contributed by atoms with E-state index in [-0.39, 0.29) is 12.0 Å². The molecular formula is C17H23N7O2. The zero-order valence-electron chi connectivity index (χ0n) is 15.0. The number of hydrogen-bond donors (Lipinski definition) is 2. The first-order valence-corrected chi connectivity index (χ1v) is 8.82. The van der Waals surface area contributed by atoms with Crippen molar-refractivity contribution in [1.82, 2.24) is 24.6 Å². The Labute approximate surface area is 151 Å². The molecule has 2 saturated heterocycles. The van der Waals surface area contributed by atoms with Crippen LogP contribution in [-0.2, 0) is 7.05 Å². The van der Waals surface area contributed by atoms with Crippen molar-refractivity contribution >= 4 is 17.9 Å². The average Bonchev–Trinajstić information content (AvgIpc) is 3.16. The second-order valence-corrected chi connectivity index (χ2v) is 7.12. The van der Waals surface area contributed by atoms with Crippen LogP contribution >= 0.6 is 0 Å². The van der Waals surface area contributed by atoms with Crippen LogP contribution in [0.15, 0.2) is 12.3 Å². The van der Waals surface area contributed by atoms with E-state index in [1.54, 1.807) is 9.58 Å². The number of carbonyl (C=O) groups is 1. The SMILES string of the molecule is Cc1nn(C)cc1-c1cc(N2CC3CCCN(C(=O)O)C3C2)nc(N)n1. The molecule has 0 radical (unpaired) electrons. The highest BCUT2D eigenvalue weighted by Gasteiger charge is 2.41. The smallest absolute Gasteiger partial charge is 0.407 e. The Morgan fingerprint density at radius 1 is 1.35 bits per heavy atom. The number of fused-ring (bicyclic) bond motifs is 1. The van der Waals surface area contributed by atoms with Crippen LogP contribution in [0.4, 0.5) is 16.6 Å². The Morgan fingerprint density at radius 2 is 2.15 bits per heavy atom. The molecule has 2 atom stereocenters. The predicted octanol–water partition coefficient (Wildman–Crippen LogP) is 1.35. The second kappa shape index (κ2) is 6.15. The highest BCUT2D eigenvalue weighted by Crippen LogP contribution is 2.34. The number of nitrogens with two attached hydrogens (primary N) is 1. The van der Waals surface area contributed by atoms with Gasteiger partial charge in [-0.3, -0.25) is 4.68 Å². The lowest BCUT2D eigenvalue weighted by Gasteiger charge is -2.34. The molecule has 4 heterocycles. The van der Waals surface area contributed by atoms with Gasteiger partial charge in [0.15, 0.2) is 0 Å². The van der Waals surface area contributed by atoms with Crippen LogP contribution in [0, 0.1) is 12.8 Å². The number of amides is 1. The molecule has 2 fully saturated rings. The lowest BCUT2D eigenvalue weighted by Crippen LogP contribution is -2.47. The van der Waals surface area contributed by atoms with Crippen LogP contribution in [0.3, 0.4) is 0 Å². The van der Waals surface area contributed by atoms with Crippen LogP contribution in [0.5, 0.6) is 0 Å². The van der Waals surface area contributed by atoms with Crippen molar-refractivity contribution in [2.75, 3.05) is 30.3 Å². The Hall–Kier alpha value is -2.84. The van der Waals surface area contributed by atoms with Crippen molar-refractivity contribution in [2.45, 2.75) is 25.8 Å². The average molecular weight is 357 g/mol. The molecule has 4 rings (SSSR count). The van der Waals surface area contributed by atoms with Gasteiger partial charge in [-0.25, -0.2) is 9.78 Å². The zero-order chi connectivity index (χ0) is 18.4. The molecule has 3 N–H and O–H groups in total. The van der Waals surface area contributed by atoms with Gasteiger partial charge in [0, 0.05) is 44.5 Å². The second-order valence-electron chi connectivity index (χ2n) is 7.12. The van der Waals surface area contributed by atoms with Gasteiger partial charge in [-0.05, 0) is 25.7 Å². The van der Waals surface area contributed by atoms with Gasteiger partial charge < -0.3 is 20.6 Å². The van der Waals surface area contributed by atoms with Gasteiger partial charge in [-0.15, -0.1) is 0 Å². The first-order chi connectivity index (χ1) is 12.4. The van der Waals surface area contributed by atoms with Crippen LogP contribution in [-0.4, -0.2) is 61.5 Å². The summed E-state index contributed by atoms with van der Waals surface area (Å²) in [6, 6.07) is 1.93. The molecule has 26 heavy (non-hydrogen) atoms. The van der Waals surface area contributed by atoms with Crippen molar-refractivity contribution in [3.05, 3.63) is 18.0 Å².